The standard InChI is InChI=1S/C16H18FN3/c1-20(15-9-5-12(17)6-10-15)16-4-2-3-14(19-16)11-18-13-7-8-13/h2-6,9-10,13,18H,7-8,11H2,1H3. The first kappa shape index (κ1) is 13.1. The molecule has 4 heteroatoms. The number of pyridine rings is 1. The minimum atomic E-state index is -0.225. The lowest BCUT2D eigenvalue weighted by molar-refractivity contribution is 0.628. The molecule has 2 aromatic rings. The SMILES string of the molecule is CN(c1ccc(F)cc1)c1cccc(CNC2CC2)n1. The van der Waals surface area contributed by atoms with Crippen LogP contribution in [0.15, 0.2) is 42.5 Å². The Morgan fingerprint density at radius 1 is 1.20 bits per heavy atom. The number of halogens is 1. The summed E-state index contributed by atoms with van der Waals surface area (Å²) in [6, 6.07) is 13.1. The molecule has 1 aromatic carbocycles. The van der Waals surface area contributed by atoms with Gasteiger partial charge in [-0.3, -0.25) is 0 Å². The lowest BCUT2D eigenvalue weighted by atomic mass is 10.2. The molecule has 1 fully saturated rings. The molecule has 0 atom stereocenters. The molecule has 3 nitrogen and oxygen atoms in total. The van der Waals surface area contributed by atoms with Crippen LogP contribution < -0.4 is 10.2 Å². The average molecular weight is 271 g/mol. The highest BCUT2D eigenvalue weighted by Gasteiger charge is 2.20. The first-order chi connectivity index (χ1) is 9.72. The summed E-state index contributed by atoms with van der Waals surface area (Å²) >= 11 is 0. The molecular formula is C16H18FN3. The van der Waals surface area contributed by atoms with Gasteiger partial charge in [-0.2, -0.15) is 0 Å². The highest BCUT2D eigenvalue weighted by molar-refractivity contribution is 5.58. The van der Waals surface area contributed by atoms with E-state index in [0.29, 0.717) is 6.04 Å². The zero-order chi connectivity index (χ0) is 13.9. The Kier molecular flexibility index (Phi) is 3.65. The molecule has 0 radical (unpaired) electrons. The Morgan fingerprint density at radius 3 is 2.65 bits per heavy atom. The smallest absolute Gasteiger partial charge is 0.133 e. The molecule has 0 aliphatic heterocycles. The van der Waals surface area contributed by atoms with Crippen molar-refractivity contribution < 1.29 is 4.39 Å². The topological polar surface area (TPSA) is 28.2 Å². The second-order valence-corrected chi connectivity index (χ2v) is 5.18. The predicted octanol–water partition coefficient (Wildman–Crippen LogP) is 3.24. The summed E-state index contributed by atoms with van der Waals surface area (Å²) in [7, 11) is 1.94. The molecule has 0 bridgehead atoms. The summed E-state index contributed by atoms with van der Waals surface area (Å²) in [5.74, 6) is 0.643. The largest absolute Gasteiger partial charge is 0.329 e. The van der Waals surface area contributed by atoms with Gasteiger partial charge in [0.25, 0.3) is 0 Å². The van der Waals surface area contributed by atoms with Gasteiger partial charge < -0.3 is 10.2 Å². The van der Waals surface area contributed by atoms with Crippen LogP contribution in [0.5, 0.6) is 0 Å². The predicted molar refractivity (Wildman–Crippen MR) is 78.6 cm³/mol. The lowest BCUT2D eigenvalue weighted by Gasteiger charge is -2.19. The summed E-state index contributed by atoms with van der Waals surface area (Å²) in [5.41, 5.74) is 1.95. The van der Waals surface area contributed by atoms with Gasteiger partial charge in [-0.25, -0.2) is 9.37 Å². The van der Waals surface area contributed by atoms with E-state index in [1.807, 2.05) is 30.1 Å². The molecule has 1 aromatic heterocycles. The Bertz CT molecular complexity index is 579. The summed E-state index contributed by atoms with van der Waals surface area (Å²) in [4.78, 5) is 6.60. The van der Waals surface area contributed by atoms with Crippen LogP contribution in [0.4, 0.5) is 15.9 Å². The van der Waals surface area contributed by atoms with E-state index in [4.69, 9.17) is 0 Å². The van der Waals surface area contributed by atoms with Crippen LogP contribution in [-0.2, 0) is 6.54 Å². The Labute approximate surface area is 118 Å². The fourth-order valence-electron chi connectivity index (χ4n) is 2.09. The van der Waals surface area contributed by atoms with Gasteiger partial charge in [-0.1, -0.05) is 6.07 Å². The van der Waals surface area contributed by atoms with Crippen molar-refractivity contribution in [2.45, 2.75) is 25.4 Å². The van der Waals surface area contributed by atoms with Crippen LogP contribution >= 0.6 is 0 Å². The molecule has 0 spiro atoms. The van der Waals surface area contributed by atoms with Crippen molar-refractivity contribution in [3.8, 4) is 0 Å². The first-order valence-corrected chi connectivity index (χ1v) is 6.91. The van der Waals surface area contributed by atoms with E-state index < -0.39 is 0 Å². The van der Waals surface area contributed by atoms with E-state index in [2.05, 4.69) is 10.3 Å². The zero-order valence-electron chi connectivity index (χ0n) is 11.5. The fourth-order valence-corrected chi connectivity index (χ4v) is 2.09. The number of benzene rings is 1. The second kappa shape index (κ2) is 5.59. The molecular weight excluding hydrogens is 253 g/mol. The molecule has 1 saturated carbocycles. The monoisotopic (exact) mass is 271 g/mol. The number of nitrogens with zero attached hydrogens (tertiary/aromatic N) is 2. The van der Waals surface area contributed by atoms with Gasteiger partial charge in [0, 0.05) is 25.3 Å². The Morgan fingerprint density at radius 2 is 1.95 bits per heavy atom. The Hall–Kier alpha value is -1.94. The van der Waals surface area contributed by atoms with Crippen LogP contribution in [0.2, 0.25) is 0 Å². The third-order valence-corrected chi connectivity index (χ3v) is 3.50. The molecule has 104 valence electrons. The molecule has 1 aliphatic carbocycles. The van der Waals surface area contributed by atoms with E-state index in [1.54, 1.807) is 12.1 Å². The maximum atomic E-state index is 13.0. The number of rotatable bonds is 5. The maximum Gasteiger partial charge on any atom is 0.133 e. The summed E-state index contributed by atoms with van der Waals surface area (Å²) in [6.07, 6.45) is 2.55. The van der Waals surface area contributed by atoms with E-state index >= 15 is 0 Å². The van der Waals surface area contributed by atoms with Gasteiger partial charge in [0.05, 0.1) is 5.69 Å². The van der Waals surface area contributed by atoms with Crippen LogP contribution in [0.25, 0.3) is 0 Å². The highest BCUT2D eigenvalue weighted by Crippen LogP contribution is 2.22. The normalized spacial score (nSPS) is 14.3. The average Bonchev–Trinajstić information content (AvgIpc) is 3.30. The fraction of sp³-hybridized carbons (Fsp3) is 0.312. The van der Waals surface area contributed by atoms with Gasteiger partial charge in [-0.05, 0) is 49.2 Å². The molecule has 20 heavy (non-hydrogen) atoms. The Balaban J connectivity index is 1.74. The van der Waals surface area contributed by atoms with Crippen LogP contribution in [0.1, 0.15) is 18.5 Å². The molecule has 1 heterocycles. The van der Waals surface area contributed by atoms with Crippen molar-refractivity contribution in [2.24, 2.45) is 0 Å². The number of anilines is 2. The van der Waals surface area contributed by atoms with Gasteiger partial charge in [0.1, 0.15) is 11.6 Å². The first-order valence-electron chi connectivity index (χ1n) is 6.91. The molecule has 0 unspecified atom stereocenters. The second-order valence-electron chi connectivity index (χ2n) is 5.18. The zero-order valence-corrected chi connectivity index (χ0v) is 11.5. The van der Waals surface area contributed by atoms with Crippen molar-refractivity contribution in [1.82, 2.24) is 10.3 Å². The number of aromatic nitrogens is 1. The maximum absolute atomic E-state index is 13.0. The third kappa shape index (κ3) is 3.14. The molecule has 0 saturated heterocycles. The number of nitrogens with one attached hydrogen (secondary N) is 1. The molecule has 3 rings (SSSR count). The minimum Gasteiger partial charge on any atom is -0.329 e. The molecule has 1 N–H and O–H groups in total. The van der Waals surface area contributed by atoms with Crippen molar-refractivity contribution in [3.05, 3.63) is 54.0 Å². The van der Waals surface area contributed by atoms with Gasteiger partial charge in [0.2, 0.25) is 0 Å². The van der Waals surface area contributed by atoms with Crippen LogP contribution in [0.3, 0.4) is 0 Å². The van der Waals surface area contributed by atoms with Gasteiger partial charge >= 0.3 is 0 Å². The van der Waals surface area contributed by atoms with E-state index in [1.165, 1.54) is 25.0 Å². The van der Waals surface area contributed by atoms with Crippen molar-refractivity contribution in [3.63, 3.8) is 0 Å². The summed E-state index contributed by atoms with van der Waals surface area (Å²) < 4.78 is 13.0. The highest BCUT2D eigenvalue weighted by atomic mass is 19.1. The number of hydrogen-bond acceptors (Lipinski definition) is 3. The quantitative estimate of drug-likeness (QED) is 0.905. The van der Waals surface area contributed by atoms with Crippen molar-refractivity contribution >= 4 is 11.5 Å². The van der Waals surface area contributed by atoms with E-state index in [-0.39, 0.29) is 5.82 Å². The molecule has 1 aliphatic rings. The number of hydrogen-bond donors (Lipinski definition) is 1. The van der Waals surface area contributed by atoms with E-state index in [0.717, 1.165) is 23.7 Å². The summed E-state index contributed by atoms with van der Waals surface area (Å²) in [6.45, 7) is 0.801. The van der Waals surface area contributed by atoms with Crippen molar-refractivity contribution in [1.29, 1.82) is 0 Å². The minimum absolute atomic E-state index is 0.225. The van der Waals surface area contributed by atoms with Crippen LogP contribution in [0, 0.1) is 5.82 Å². The molecule has 0 amide bonds. The van der Waals surface area contributed by atoms with Gasteiger partial charge in [-0.15, -0.1) is 0 Å². The summed E-state index contributed by atoms with van der Waals surface area (Å²) in [5, 5.41) is 3.46. The van der Waals surface area contributed by atoms with E-state index in [9.17, 15) is 4.39 Å². The van der Waals surface area contributed by atoms with Gasteiger partial charge in [0.15, 0.2) is 0 Å². The third-order valence-electron chi connectivity index (χ3n) is 3.50. The lowest BCUT2D eigenvalue weighted by Crippen LogP contribution is -2.17. The van der Waals surface area contributed by atoms with Crippen LogP contribution in [-0.4, -0.2) is 18.1 Å². The van der Waals surface area contributed by atoms with Crippen molar-refractivity contribution in [2.75, 3.05) is 11.9 Å².